The van der Waals surface area contributed by atoms with Crippen molar-refractivity contribution in [2.45, 2.75) is 65.1 Å². The lowest BCUT2D eigenvalue weighted by Gasteiger charge is -2.31. The van der Waals surface area contributed by atoms with Gasteiger partial charge >= 0.3 is 0 Å². The molecular weight excluding hydrogens is 293 g/mol. The fourth-order valence-corrected chi connectivity index (χ4v) is 3.78. The van der Waals surface area contributed by atoms with E-state index in [2.05, 4.69) is 24.3 Å². The van der Waals surface area contributed by atoms with Crippen molar-refractivity contribution in [3.8, 4) is 0 Å². The van der Waals surface area contributed by atoms with Crippen LogP contribution in [0.25, 0.3) is 0 Å². The van der Waals surface area contributed by atoms with Crippen LogP contribution in [-0.2, 0) is 19.5 Å². The highest BCUT2D eigenvalue weighted by Crippen LogP contribution is 2.27. The molecule has 2 unspecified atom stereocenters. The molecule has 3 nitrogen and oxygen atoms in total. The van der Waals surface area contributed by atoms with Crippen LogP contribution in [0.5, 0.6) is 0 Å². The molecule has 1 aliphatic carbocycles. The molecule has 0 spiro atoms. The summed E-state index contributed by atoms with van der Waals surface area (Å²) in [7, 11) is 0. The van der Waals surface area contributed by atoms with E-state index in [1.165, 1.54) is 25.7 Å². The number of hydrogen-bond acceptors (Lipinski definition) is 2. The summed E-state index contributed by atoms with van der Waals surface area (Å²) in [6.07, 6.45) is 5.94. The van der Waals surface area contributed by atoms with Gasteiger partial charge in [-0.1, -0.05) is 31.4 Å². The van der Waals surface area contributed by atoms with Gasteiger partial charge in [-0.15, -0.1) is 11.6 Å². The molecule has 1 N–H and O–H groups in total. The summed E-state index contributed by atoms with van der Waals surface area (Å²) in [4.78, 5) is 0. The Balaban J connectivity index is 2.04. The van der Waals surface area contributed by atoms with Gasteiger partial charge in [0, 0.05) is 25.0 Å². The Morgan fingerprint density at radius 2 is 2.05 bits per heavy atom. The maximum atomic E-state index is 6.45. The summed E-state index contributed by atoms with van der Waals surface area (Å²) in [5.74, 6) is 1.34. The lowest BCUT2D eigenvalue weighted by atomic mass is 9.86. The summed E-state index contributed by atoms with van der Waals surface area (Å²) in [6.45, 7) is 5.85. The van der Waals surface area contributed by atoms with E-state index in [9.17, 15) is 0 Å². The Morgan fingerprint density at radius 1 is 1.30 bits per heavy atom. The number of nitrogens with zero attached hydrogens (tertiary/aromatic N) is 2. The minimum atomic E-state index is 0.516. The van der Waals surface area contributed by atoms with Gasteiger partial charge in [0.2, 0.25) is 0 Å². The normalized spacial score (nSPS) is 23.2. The standard InChI is InChI=1S/C15H25Cl2N3/c1-3-12-15(17)14(20(4-2)19-12)10-18-13-8-6-5-7-11(13)9-16/h11,13,18H,3-10H2,1-2H3. The van der Waals surface area contributed by atoms with Crippen LogP contribution in [0.1, 0.15) is 50.9 Å². The van der Waals surface area contributed by atoms with Crippen LogP contribution < -0.4 is 5.32 Å². The quantitative estimate of drug-likeness (QED) is 0.803. The van der Waals surface area contributed by atoms with E-state index in [4.69, 9.17) is 23.2 Å². The lowest BCUT2D eigenvalue weighted by Crippen LogP contribution is -2.39. The molecule has 0 aromatic carbocycles. The van der Waals surface area contributed by atoms with Gasteiger partial charge in [-0.05, 0) is 32.1 Å². The Morgan fingerprint density at radius 3 is 2.70 bits per heavy atom. The SMILES string of the molecule is CCc1nn(CC)c(CNC2CCCCC2CCl)c1Cl. The van der Waals surface area contributed by atoms with Gasteiger partial charge < -0.3 is 5.32 Å². The number of aryl methyl sites for hydroxylation is 2. The third-order valence-corrected chi connectivity index (χ3v) is 5.17. The van der Waals surface area contributed by atoms with E-state index >= 15 is 0 Å². The van der Waals surface area contributed by atoms with Crippen molar-refractivity contribution in [1.29, 1.82) is 0 Å². The van der Waals surface area contributed by atoms with Crippen molar-refractivity contribution in [1.82, 2.24) is 15.1 Å². The van der Waals surface area contributed by atoms with Crippen LogP contribution >= 0.6 is 23.2 Å². The molecule has 5 heteroatoms. The summed E-state index contributed by atoms with van der Waals surface area (Å²) in [5, 5.41) is 9.06. The molecule has 0 saturated heterocycles. The largest absolute Gasteiger partial charge is 0.308 e. The Labute approximate surface area is 132 Å². The zero-order valence-electron chi connectivity index (χ0n) is 12.5. The lowest BCUT2D eigenvalue weighted by molar-refractivity contribution is 0.280. The molecule has 0 radical (unpaired) electrons. The van der Waals surface area contributed by atoms with Crippen LogP contribution in [0, 0.1) is 5.92 Å². The first-order chi connectivity index (χ1) is 9.71. The van der Waals surface area contributed by atoms with Gasteiger partial charge in [0.1, 0.15) is 0 Å². The fraction of sp³-hybridized carbons (Fsp3) is 0.800. The highest BCUT2D eigenvalue weighted by molar-refractivity contribution is 6.31. The summed E-state index contributed by atoms with van der Waals surface area (Å²) < 4.78 is 2.02. The monoisotopic (exact) mass is 317 g/mol. The van der Waals surface area contributed by atoms with Gasteiger partial charge in [0.15, 0.2) is 0 Å². The molecule has 114 valence electrons. The fourth-order valence-electron chi connectivity index (χ4n) is 3.08. The summed E-state index contributed by atoms with van der Waals surface area (Å²) in [6, 6.07) is 0.516. The van der Waals surface area contributed by atoms with Crippen molar-refractivity contribution >= 4 is 23.2 Å². The highest BCUT2D eigenvalue weighted by atomic mass is 35.5. The van der Waals surface area contributed by atoms with Crippen molar-refractivity contribution in [2.24, 2.45) is 5.92 Å². The van der Waals surface area contributed by atoms with E-state index in [0.29, 0.717) is 12.0 Å². The number of rotatable bonds is 6. The minimum Gasteiger partial charge on any atom is -0.308 e. The maximum Gasteiger partial charge on any atom is 0.0863 e. The van der Waals surface area contributed by atoms with E-state index in [-0.39, 0.29) is 0 Å². The number of nitrogens with one attached hydrogen (secondary N) is 1. The van der Waals surface area contributed by atoms with Gasteiger partial charge in [-0.3, -0.25) is 4.68 Å². The van der Waals surface area contributed by atoms with Gasteiger partial charge in [-0.2, -0.15) is 5.10 Å². The van der Waals surface area contributed by atoms with Crippen LogP contribution in [-0.4, -0.2) is 21.7 Å². The predicted octanol–water partition coefficient (Wildman–Crippen LogP) is 4.01. The Hall–Kier alpha value is -0.250. The van der Waals surface area contributed by atoms with E-state index in [0.717, 1.165) is 41.8 Å². The molecule has 1 saturated carbocycles. The first kappa shape index (κ1) is 16.1. The van der Waals surface area contributed by atoms with Crippen LogP contribution in [0.2, 0.25) is 5.02 Å². The minimum absolute atomic E-state index is 0.516. The zero-order valence-corrected chi connectivity index (χ0v) is 14.0. The third kappa shape index (κ3) is 3.49. The number of alkyl halides is 1. The van der Waals surface area contributed by atoms with Crippen molar-refractivity contribution in [3.05, 3.63) is 16.4 Å². The smallest absolute Gasteiger partial charge is 0.0863 e. The topological polar surface area (TPSA) is 29.9 Å². The third-order valence-electron chi connectivity index (χ3n) is 4.33. The number of hydrogen-bond donors (Lipinski definition) is 1. The Bertz CT molecular complexity index is 431. The van der Waals surface area contributed by atoms with Crippen molar-refractivity contribution < 1.29 is 0 Å². The molecule has 20 heavy (non-hydrogen) atoms. The molecule has 1 aromatic rings. The summed E-state index contributed by atoms with van der Waals surface area (Å²) in [5.41, 5.74) is 2.12. The first-order valence-electron chi connectivity index (χ1n) is 7.74. The molecule has 0 amide bonds. The van der Waals surface area contributed by atoms with Gasteiger partial charge in [0.05, 0.1) is 16.4 Å². The molecular formula is C15H25Cl2N3. The molecule has 1 aliphatic rings. The maximum absolute atomic E-state index is 6.45. The number of halogens is 2. The van der Waals surface area contributed by atoms with Crippen molar-refractivity contribution in [3.63, 3.8) is 0 Å². The second-order valence-electron chi connectivity index (χ2n) is 5.56. The van der Waals surface area contributed by atoms with E-state index in [1.807, 2.05) is 4.68 Å². The second-order valence-corrected chi connectivity index (χ2v) is 6.25. The Kier molecular flexibility index (Phi) is 6.19. The second kappa shape index (κ2) is 7.67. The molecule has 0 aliphatic heterocycles. The predicted molar refractivity (Wildman–Crippen MR) is 85.6 cm³/mol. The molecule has 1 aromatic heterocycles. The molecule has 1 heterocycles. The average molecular weight is 318 g/mol. The molecule has 0 bridgehead atoms. The van der Waals surface area contributed by atoms with E-state index in [1.54, 1.807) is 0 Å². The average Bonchev–Trinajstić information content (AvgIpc) is 2.81. The molecule has 1 fully saturated rings. The first-order valence-corrected chi connectivity index (χ1v) is 8.65. The van der Waals surface area contributed by atoms with Crippen LogP contribution in [0.15, 0.2) is 0 Å². The van der Waals surface area contributed by atoms with Gasteiger partial charge in [-0.25, -0.2) is 0 Å². The van der Waals surface area contributed by atoms with Crippen molar-refractivity contribution in [2.75, 3.05) is 5.88 Å². The van der Waals surface area contributed by atoms with Crippen LogP contribution in [0.4, 0.5) is 0 Å². The zero-order chi connectivity index (χ0) is 14.5. The highest BCUT2D eigenvalue weighted by Gasteiger charge is 2.24. The van der Waals surface area contributed by atoms with Gasteiger partial charge in [0.25, 0.3) is 0 Å². The van der Waals surface area contributed by atoms with Crippen LogP contribution in [0.3, 0.4) is 0 Å². The molecule has 2 atom stereocenters. The molecule has 2 rings (SSSR count). The van der Waals surface area contributed by atoms with E-state index < -0.39 is 0 Å². The summed E-state index contributed by atoms with van der Waals surface area (Å²) >= 11 is 12.5. The number of aromatic nitrogens is 2.